The average molecular weight is 402 g/mol. The van der Waals surface area contributed by atoms with Gasteiger partial charge in [0.2, 0.25) is 11.8 Å². The molecule has 2 heterocycles. The molecule has 3 rings (SSSR count). The van der Waals surface area contributed by atoms with Crippen LogP contribution in [-0.4, -0.2) is 67.8 Å². The summed E-state index contributed by atoms with van der Waals surface area (Å²) in [5, 5.41) is 6.75. The molecular formula is C21H30N4O4. The Kier molecular flexibility index (Phi) is 7.11. The molecule has 0 unspecified atom stereocenters. The lowest BCUT2D eigenvalue weighted by atomic mass is 10.1. The minimum absolute atomic E-state index is 0.0789. The Bertz CT molecular complexity index is 813. The third-order valence-electron chi connectivity index (χ3n) is 5.07. The fourth-order valence-corrected chi connectivity index (χ4v) is 3.34. The Morgan fingerprint density at radius 1 is 1.10 bits per heavy atom. The van der Waals surface area contributed by atoms with Crippen molar-refractivity contribution in [2.75, 3.05) is 52.3 Å². The molecule has 29 heavy (non-hydrogen) atoms. The molecule has 1 aliphatic rings. The summed E-state index contributed by atoms with van der Waals surface area (Å²) in [7, 11) is 3.28. The standard InChI is InChI=1S/C21H30N4O4/c1-15(2)17-12-21(29-23-17)22-20(26)14-25-9-7-24(8-10-25)13-16-5-6-18(27-3)19(11-16)28-4/h5-6,11-12,15H,7-10,13-14H2,1-4H3,(H,22,26). The smallest absolute Gasteiger partial charge is 0.240 e. The number of anilines is 1. The van der Waals surface area contributed by atoms with Gasteiger partial charge in [0.1, 0.15) is 0 Å². The van der Waals surface area contributed by atoms with E-state index in [-0.39, 0.29) is 11.8 Å². The molecule has 1 aromatic carbocycles. The van der Waals surface area contributed by atoms with Crippen molar-refractivity contribution < 1.29 is 18.8 Å². The SMILES string of the molecule is COc1ccc(CN2CCN(CC(=O)Nc3cc(C(C)C)no3)CC2)cc1OC. The summed E-state index contributed by atoms with van der Waals surface area (Å²) in [6, 6.07) is 7.79. The number of carbonyl (C=O) groups excluding carboxylic acids is 1. The maximum atomic E-state index is 12.3. The summed E-state index contributed by atoms with van der Waals surface area (Å²) in [5.41, 5.74) is 2.02. The first-order chi connectivity index (χ1) is 14.0. The Labute approximate surface area is 171 Å². The topological polar surface area (TPSA) is 80.1 Å². The van der Waals surface area contributed by atoms with Crippen LogP contribution >= 0.6 is 0 Å². The minimum Gasteiger partial charge on any atom is -0.493 e. The molecule has 8 heteroatoms. The normalized spacial score (nSPS) is 15.5. The van der Waals surface area contributed by atoms with Crippen LogP contribution in [0.15, 0.2) is 28.8 Å². The van der Waals surface area contributed by atoms with E-state index in [0.29, 0.717) is 12.4 Å². The number of nitrogens with one attached hydrogen (secondary N) is 1. The van der Waals surface area contributed by atoms with Crippen molar-refractivity contribution in [3.8, 4) is 11.5 Å². The van der Waals surface area contributed by atoms with E-state index in [2.05, 4.69) is 26.3 Å². The third kappa shape index (κ3) is 5.71. The number of aromatic nitrogens is 1. The summed E-state index contributed by atoms with van der Waals surface area (Å²) in [6.45, 7) is 8.75. The Hall–Kier alpha value is -2.58. The van der Waals surface area contributed by atoms with Gasteiger partial charge in [-0.25, -0.2) is 0 Å². The first-order valence-electron chi connectivity index (χ1n) is 9.90. The van der Waals surface area contributed by atoms with Gasteiger partial charge >= 0.3 is 0 Å². The highest BCUT2D eigenvalue weighted by Crippen LogP contribution is 2.28. The van der Waals surface area contributed by atoms with Gasteiger partial charge in [-0.1, -0.05) is 25.1 Å². The van der Waals surface area contributed by atoms with E-state index in [0.717, 1.165) is 49.9 Å². The molecule has 0 saturated carbocycles. The van der Waals surface area contributed by atoms with E-state index in [1.54, 1.807) is 20.3 Å². The Balaban J connectivity index is 1.44. The van der Waals surface area contributed by atoms with Gasteiger partial charge in [0.15, 0.2) is 11.5 Å². The van der Waals surface area contributed by atoms with Gasteiger partial charge in [-0.15, -0.1) is 0 Å². The average Bonchev–Trinajstić information content (AvgIpc) is 3.18. The van der Waals surface area contributed by atoms with Crippen molar-refractivity contribution in [1.82, 2.24) is 15.0 Å². The molecule has 1 aliphatic heterocycles. The van der Waals surface area contributed by atoms with Crippen LogP contribution in [0, 0.1) is 0 Å². The fourth-order valence-electron chi connectivity index (χ4n) is 3.34. The number of ether oxygens (including phenoxy) is 2. The number of hydrogen-bond acceptors (Lipinski definition) is 7. The van der Waals surface area contributed by atoms with Crippen molar-refractivity contribution in [2.24, 2.45) is 0 Å². The molecule has 0 bridgehead atoms. The summed E-state index contributed by atoms with van der Waals surface area (Å²) < 4.78 is 15.9. The number of hydrogen-bond donors (Lipinski definition) is 1. The van der Waals surface area contributed by atoms with Crippen LogP contribution in [0.5, 0.6) is 11.5 Å². The fraction of sp³-hybridized carbons (Fsp3) is 0.524. The molecule has 0 atom stereocenters. The Morgan fingerprint density at radius 2 is 1.79 bits per heavy atom. The highest BCUT2D eigenvalue weighted by atomic mass is 16.5. The molecule has 8 nitrogen and oxygen atoms in total. The summed E-state index contributed by atoms with van der Waals surface area (Å²) in [6.07, 6.45) is 0. The highest BCUT2D eigenvalue weighted by Gasteiger charge is 2.20. The van der Waals surface area contributed by atoms with E-state index < -0.39 is 0 Å². The van der Waals surface area contributed by atoms with E-state index in [9.17, 15) is 4.79 Å². The zero-order valence-corrected chi connectivity index (χ0v) is 17.6. The molecule has 1 N–H and O–H groups in total. The molecule has 1 amide bonds. The zero-order valence-electron chi connectivity index (χ0n) is 17.6. The first-order valence-corrected chi connectivity index (χ1v) is 9.90. The summed E-state index contributed by atoms with van der Waals surface area (Å²) >= 11 is 0. The summed E-state index contributed by atoms with van der Waals surface area (Å²) in [4.78, 5) is 16.8. The number of methoxy groups -OCH3 is 2. The second-order valence-corrected chi connectivity index (χ2v) is 7.56. The molecular weight excluding hydrogens is 372 g/mol. The maximum Gasteiger partial charge on any atom is 0.240 e. The van der Waals surface area contributed by atoms with Crippen LogP contribution in [0.25, 0.3) is 0 Å². The van der Waals surface area contributed by atoms with Gasteiger partial charge in [-0.2, -0.15) is 0 Å². The van der Waals surface area contributed by atoms with Crippen molar-refractivity contribution >= 4 is 11.8 Å². The van der Waals surface area contributed by atoms with Gasteiger partial charge < -0.3 is 14.0 Å². The van der Waals surface area contributed by atoms with Crippen LogP contribution in [0.4, 0.5) is 5.88 Å². The number of rotatable bonds is 8. The quantitative estimate of drug-likeness (QED) is 0.727. The number of carbonyl (C=O) groups is 1. The van der Waals surface area contributed by atoms with Gasteiger partial charge in [0, 0.05) is 38.8 Å². The number of benzene rings is 1. The van der Waals surface area contributed by atoms with Crippen LogP contribution in [-0.2, 0) is 11.3 Å². The van der Waals surface area contributed by atoms with Crippen LogP contribution in [0.2, 0.25) is 0 Å². The van der Waals surface area contributed by atoms with Gasteiger partial charge in [-0.05, 0) is 23.6 Å². The monoisotopic (exact) mass is 402 g/mol. The predicted molar refractivity (Wildman–Crippen MR) is 110 cm³/mol. The van der Waals surface area contributed by atoms with Gasteiger partial charge in [0.05, 0.1) is 26.5 Å². The van der Waals surface area contributed by atoms with Crippen molar-refractivity contribution in [3.05, 3.63) is 35.5 Å². The van der Waals surface area contributed by atoms with Crippen LogP contribution in [0.1, 0.15) is 31.0 Å². The highest BCUT2D eigenvalue weighted by molar-refractivity contribution is 5.91. The number of piperazine rings is 1. The molecule has 1 saturated heterocycles. The third-order valence-corrected chi connectivity index (χ3v) is 5.07. The van der Waals surface area contributed by atoms with Crippen LogP contribution in [0.3, 0.4) is 0 Å². The molecule has 1 fully saturated rings. The first kappa shape index (κ1) is 21.1. The molecule has 0 spiro atoms. The molecule has 158 valence electrons. The van der Waals surface area contributed by atoms with Crippen molar-refractivity contribution in [2.45, 2.75) is 26.3 Å². The number of amides is 1. The molecule has 0 radical (unpaired) electrons. The Morgan fingerprint density at radius 3 is 2.41 bits per heavy atom. The van der Waals surface area contributed by atoms with E-state index in [4.69, 9.17) is 14.0 Å². The molecule has 2 aromatic rings. The largest absolute Gasteiger partial charge is 0.493 e. The lowest BCUT2D eigenvalue weighted by molar-refractivity contribution is -0.117. The lowest BCUT2D eigenvalue weighted by Gasteiger charge is -2.34. The predicted octanol–water partition coefficient (Wildman–Crippen LogP) is 2.57. The van der Waals surface area contributed by atoms with Crippen molar-refractivity contribution in [3.63, 3.8) is 0 Å². The second kappa shape index (κ2) is 9.76. The molecule has 1 aromatic heterocycles. The van der Waals surface area contributed by atoms with E-state index in [1.807, 2.05) is 26.0 Å². The molecule has 0 aliphatic carbocycles. The van der Waals surface area contributed by atoms with E-state index >= 15 is 0 Å². The van der Waals surface area contributed by atoms with E-state index in [1.165, 1.54) is 5.56 Å². The minimum atomic E-state index is -0.0789. The van der Waals surface area contributed by atoms with Gasteiger partial charge in [-0.3, -0.25) is 19.9 Å². The number of nitrogens with zero attached hydrogens (tertiary/aromatic N) is 3. The van der Waals surface area contributed by atoms with Crippen LogP contribution < -0.4 is 14.8 Å². The zero-order chi connectivity index (χ0) is 20.8. The van der Waals surface area contributed by atoms with Gasteiger partial charge in [0.25, 0.3) is 0 Å². The maximum absolute atomic E-state index is 12.3. The van der Waals surface area contributed by atoms with Crippen molar-refractivity contribution in [1.29, 1.82) is 0 Å². The lowest BCUT2D eigenvalue weighted by Crippen LogP contribution is -2.48. The summed E-state index contributed by atoms with van der Waals surface area (Å²) in [5.74, 6) is 2.08. The second-order valence-electron chi connectivity index (χ2n) is 7.56.